The number of rotatable bonds is 6. The summed E-state index contributed by atoms with van der Waals surface area (Å²) in [5.74, 6) is 0.955. The molecule has 2 aromatic carbocycles. The number of ether oxygens (including phenoxy) is 1. The Morgan fingerprint density at radius 1 is 1.27 bits per heavy atom. The molecule has 134 valence electrons. The van der Waals surface area contributed by atoms with Crippen LogP contribution < -0.4 is 10.1 Å². The molecule has 6 nitrogen and oxygen atoms in total. The van der Waals surface area contributed by atoms with Gasteiger partial charge in [-0.2, -0.15) is 5.10 Å². The predicted octanol–water partition coefficient (Wildman–Crippen LogP) is 3.38. The van der Waals surface area contributed by atoms with Gasteiger partial charge in [-0.25, -0.2) is 9.37 Å². The van der Waals surface area contributed by atoms with Crippen LogP contribution in [0.4, 0.5) is 10.1 Å². The molecule has 1 aromatic heterocycles. The zero-order valence-electron chi connectivity index (χ0n) is 13.9. The molecule has 1 heterocycles. The quantitative estimate of drug-likeness (QED) is 0.693. The van der Waals surface area contributed by atoms with Crippen molar-refractivity contribution in [3.8, 4) is 5.75 Å². The van der Waals surface area contributed by atoms with Gasteiger partial charge in [-0.15, -0.1) is 0 Å². The van der Waals surface area contributed by atoms with E-state index in [1.165, 1.54) is 19.2 Å². The predicted molar refractivity (Wildman–Crippen MR) is 95.9 cm³/mol. The number of H-pyrrole nitrogens is 1. The molecule has 0 spiro atoms. The summed E-state index contributed by atoms with van der Waals surface area (Å²) in [4.78, 5) is 16.4. The summed E-state index contributed by atoms with van der Waals surface area (Å²) in [6.45, 7) is 0. The minimum absolute atomic E-state index is 0.0174. The standard InChI is InChI=1S/C18H16ClFN4O2/c1-26-15-7-6-13(9-14(15)19)21-18(25)10-17-22-16(23-24-17)8-11-2-4-12(20)5-3-11/h2-7,9H,8,10H2,1H3,(H,21,25)(H,22,23,24). The van der Waals surface area contributed by atoms with Gasteiger partial charge in [0.05, 0.1) is 18.6 Å². The van der Waals surface area contributed by atoms with E-state index in [9.17, 15) is 9.18 Å². The number of hydrogen-bond donors (Lipinski definition) is 2. The highest BCUT2D eigenvalue weighted by Gasteiger charge is 2.11. The van der Waals surface area contributed by atoms with E-state index in [1.807, 2.05) is 0 Å². The third kappa shape index (κ3) is 4.58. The van der Waals surface area contributed by atoms with E-state index in [4.69, 9.17) is 16.3 Å². The van der Waals surface area contributed by atoms with E-state index in [-0.39, 0.29) is 18.1 Å². The van der Waals surface area contributed by atoms with Gasteiger partial charge < -0.3 is 10.1 Å². The lowest BCUT2D eigenvalue weighted by Crippen LogP contribution is -2.15. The average molecular weight is 375 g/mol. The van der Waals surface area contributed by atoms with Crippen LogP contribution in [0.5, 0.6) is 5.75 Å². The first kappa shape index (κ1) is 17.9. The van der Waals surface area contributed by atoms with E-state index >= 15 is 0 Å². The largest absolute Gasteiger partial charge is 0.495 e. The van der Waals surface area contributed by atoms with Gasteiger partial charge >= 0.3 is 0 Å². The minimum atomic E-state index is -0.290. The van der Waals surface area contributed by atoms with Crippen LogP contribution >= 0.6 is 11.6 Å². The number of hydrogen-bond acceptors (Lipinski definition) is 4. The first-order valence-electron chi connectivity index (χ1n) is 7.81. The molecular weight excluding hydrogens is 359 g/mol. The molecular formula is C18H16ClFN4O2. The van der Waals surface area contributed by atoms with Crippen LogP contribution in [0.2, 0.25) is 5.02 Å². The van der Waals surface area contributed by atoms with Crippen molar-refractivity contribution in [2.75, 3.05) is 12.4 Å². The van der Waals surface area contributed by atoms with Crippen LogP contribution in [0.3, 0.4) is 0 Å². The van der Waals surface area contributed by atoms with Crippen LogP contribution in [-0.2, 0) is 17.6 Å². The number of amides is 1. The third-order valence-electron chi connectivity index (χ3n) is 3.62. The molecule has 3 rings (SSSR count). The molecule has 2 N–H and O–H groups in total. The Morgan fingerprint density at radius 3 is 2.73 bits per heavy atom. The van der Waals surface area contributed by atoms with Crippen molar-refractivity contribution in [2.45, 2.75) is 12.8 Å². The smallest absolute Gasteiger partial charge is 0.232 e. The average Bonchev–Trinajstić information content (AvgIpc) is 3.04. The number of benzene rings is 2. The van der Waals surface area contributed by atoms with Crippen LogP contribution in [0.15, 0.2) is 42.5 Å². The van der Waals surface area contributed by atoms with Crippen molar-refractivity contribution >= 4 is 23.2 Å². The fourth-order valence-corrected chi connectivity index (χ4v) is 2.64. The summed E-state index contributed by atoms with van der Waals surface area (Å²) in [5.41, 5.74) is 1.45. The maximum atomic E-state index is 12.9. The Bertz CT molecular complexity index is 912. The molecule has 0 saturated heterocycles. The summed E-state index contributed by atoms with van der Waals surface area (Å²) >= 11 is 6.03. The summed E-state index contributed by atoms with van der Waals surface area (Å²) in [7, 11) is 1.52. The van der Waals surface area contributed by atoms with E-state index in [1.54, 1.807) is 30.3 Å². The number of anilines is 1. The second kappa shape index (κ2) is 7.97. The number of nitrogens with zero attached hydrogens (tertiary/aromatic N) is 2. The molecule has 1 amide bonds. The Morgan fingerprint density at radius 2 is 2.04 bits per heavy atom. The molecule has 0 aliphatic carbocycles. The van der Waals surface area contributed by atoms with E-state index in [0.717, 1.165) is 5.56 Å². The fraction of sp³-hybridized carbons (Fsp3) is 0.167. The second-order valence-corrected chi connectivity index (χ2v) is 5.98. The molecule has 0 atom stereocenters. The van der Waals surface area contributed by atoms with Crippen LogP contribution in [0.1, 0.15) is 17.2 Å². The number of aromatic amines is 1. The SMILES string of the molecule is COc1ccc(NC(=O)Cc2n[nH]c(Cc3ccc(F)cc3)n2)cc1Cl. The Labute approximate surface area is 154 Å². The maximum Gasteiger partial charge on any atom is 0.232 e. The van der Waals surface area contributed by atoms with Gasteiger partial charge in [-0.05, 0) is 35.9 Å². The topological polar surface area (TPSA) is 79.9 Å². The lowest BCUT2D eigenvalue weighted by atomic mass is 10.1. The zero-order chi connectivity index (χ0) is 18.5. The summed E-state index contributed by atoms with van der Waals surface area (Å²) in [6, 6.07) is 11.1. The van der Waals surface area contributed by atoms with Crippen molar-refractivity contribution in [3.05, 3.63) is 70.5 Å². The first-order valence-corrected chi connectivity index (χ1v) is 8.19. The van der Waals surface area contributed by atoms with E-state index < -0.39 is 0 Å². The lowest BCUT2D eigenvalue weighted by molar-refractivity contribution is -0.115. The van der Waals surface area contributed by atoms with Crippen molar-refractivity contribution in [2.24, 2.45) is 0 Å². The summed E-state index contributed by atoms with van der Waals surface area (Å²) < 4.78 is 18.0. The highest BCUT2D eigenvalue weighted by molar-refractivity contribution is 6.32. The maximum absolute atomic E-state index is 12.9. The Kier molecular flexibility index (Phi) is 5.48. The molecule has 0 aliphatic rings. The zero-order valence-corrected chi connectivity index (χ0v) is 14.7. The molecule has 8 heteroatoms. The normalized spacial score (nSPS) is 10.6. The first-order chi connectivity index (χ1) is 12.5. The van der Waals surface area contributed by atoms with Gasteiger partial charge in [-0.3, -0.25) is 9.89 Å². The highest BCUT2D eigenvalue weighted by atomic mass is 35.5. The highest BCUT2D eigenvalue weighted by Crippen LogP contribution is 2.27. The monoisotopic (exact) mass is 374 g/mol. The van der Waals surface area contributed by atoms with Crippen molar-refractivity contribution in [1.82, 2.24) is 15.2 Å². The molecule has 0 radical (unpaired) electrons. The number of aromatic nitrogens is 3. The Hall–Kier alpha value is -2.93. The van der Waals surface area contributed by atoms with Gasteiger partial charge in [-0.1, -0.05) is 23.7 Å². The van der Waals surface area contributed by atoms with Crippen molar-refractivity contribution in [3.63, 3.8) is 0 Å². The van der Waals surface area contributed by atoms with E-state index in [2.05, 4.69) is 20.5 Å². The molecule has 0 unspecified atom stereocenters. The second-order valence-electron chi connectivity index (χ2n) is 5.58. The minimum Gasteiger partial charge on any atom is -0.495 e. The van der Waals surface area contributed by atoms with Gasteiger partial charge in [0, 0.05) is 12.1 Å². The Balaban J connectivity index is 1.59. The van der Waals surface area contributed by atoms with Gasteiger partial charge in [0.1, 0.15) is 17.4 Å². The van der Waals surface area contributed by atoms with Gasteiger partial charge in [0.15, 0.2) is 5.82 Å². The van der Waals surface area contributed by atoms with Gasteiger partial charge in [0.25, 0.3) is 0 Å². The van der Waals surface area contributed by atoms with Crippen molar-refractivity contribution in [1.29, 1.82) is 0 Å². The molecule has 0 aliphatic heterocycles. The van der Waals surface area contributed by atoms with Gasteiger partial charge in [0.2, 0.25) is 5.91 Å². The molecule has 3 aromatic rings. The number of carbonyl (C=O) groups excluding carboxylic acids is 1. The number of nitrogens with one attached hydrogen (secondary N) is 2. The lowest BCUT2D eigenvalue weighted by Gasteiger charge is -2.07. The molecule has 0 bridgehead atoms. The van der Waals surface area contributed by atoms with Crippen molar-refractivity contribution < 1.29 is 13.9 Å². The van der Waals surface area contributed by atoms with Crippen LogP contribution in [0, 0.1) is 5.82 Å². The third-order valence-corrected chi connectivity index (χ3v) is 3.91. The fourth-order valence-electron chi connectivity index (χ4n) is 2.38. The summed E-state index contributed by atoms with van der Waals surface area (Å²) in [5, 5.41) is 9.97. The number of carbonyl (C=O) groups is 1. The number of methoxy groups -OCH3 is 1. The number of halogens is 2. The summed E-state index contributed by atoms with van der Waals surface area (Å²) in [6.07, 6.45) is 0.493. The van der Waals surface area contributed by atoms with Crippen LogP contribution in [0.25, 0.3) is 0 Å². The van der Waals surface area contributed by atoms with E-state index in [0.29, 0.717) is 34.5 Å². The molecule has 0 saturated carbocycles. The molecule has 26 heavy (non-hydrogen) atoms. The molecule has 0 fully saturated rings. The van der Waals surface area contributed by atoms with Crippen LogP contribution in [-0.4, -0.2) is 28.2 Å².